The van der Waals surface area contributed by atoms with E-state index in [2.05, 4.69) is 15.5 Å². The van der Waals surface area contributed by atoms with E-state index < -0.39 is 0 Å². The predicted octanol–water partition coefficient (Wildman–Crippen LogP) is 4.37. The van der Waals surface area contributed by atoms with Crippen molar-refractivity contribution in [3.8, 4) is 5.69 Å². The first-order chi connectivity index (χ1) is 12.5. The Kier molecular flexibility index (Phi) is 6.19. The summed E-state index contributed by atoms with van der Waals surface area (Å²) < 4.78 is 1.80. The molecule has 0 aliphatic rings. The van der Waals surface area contributed by atoms with Crippen LogP contribution in [-0.2, 0) is 11.3 Å². The van der Waals surface area contributed by atoms with E-state index >= 15 is 0 Å². The molecule has 8 heteroatoms. The minimum absolute atomic E-state index is 0.101. The first-order valence-electron chi connectivity index (χ1n) is 7.88. The summed E-state index contributed by atoms with van der Waals surface area (Å²) >= 11 is 13.5. The van der Waals surface area contributed by atoms with Crippen molar-refractivity contribution in [3.05, 3.63) is 70.5 Å². The van der Waals surface area contributed by atoms with E-state index in [0.717, 1.165) is 11.3 Å². The molecule has 0 fully saturated rings. The van der Waals surface area contributed by atoms with Crippen molar-refractivity contribution in [1.29, 1.82) is 0 Å². The number of hydrogen-bond acceptors (Lipinski definition) is 4. The van der Waals surface area contributed by atoms with Crippen LogP contribution in [0, 0.1) is 0 Å². The summed E-state index contributed by atoms with van der Waals surface area (Å²) in [5, 5.41) is 12.5. The molecule has 134 valence electrons. The number of halogens is 2. The van der Waals surface area contributed by atoms with Gasteiger partial charge >= 0.3 is 0 Å². The number of benzene rings is 2. The predicted molar refractivity (Wildman–Crippen MR) is 105 cm³/mol. The number of aromatic nitrogens is 3. The quantitative estimate of drug-likeness (QED) is 0.617. The number of thioether (sulfide) groups is 1. The highest BCUT2D eigenvalue weighted by molar-refractivity contribution is 8.00. The largest absolute Gasteiger partial charge is 0.351 e. The highest BCUT2D eigenvalue weighted by Gasteiger charge is 2.18. The van der Waals surface area contributed by atoms with Crippen LogP contribution in [0.2, 0.25) is 10.0 Å². The van der Waals surface area contributed by atoms with Gasteiger partial charge in [0.25, 0.3) is 0 Å². The molecule has 1 amide bonds. The van der Waals surface area contributed by atoms with Gasteiger partial charge in [-0.3, -0.25) is 9.36 Å². The summed E-state index contributed by atoms with van der Waals surface area (Å²) in [6.07, 6.45) is 1.60. The van der Waals surface area contributed by atoms with Crippen LogP contribution < -0.4 is 5.32 Å². The monoisotopic (exact) mass is 406 g/mol. The Balaban J connectivity index is 1.65. The molecule has 0 aliphatic carbocycles. The normalized spacial score (nSPS) is 12.0. The van der Waals surface area contributed by atoms with Crippen molar-refractivity contribution in [2.75, 3.05) is 0 Å². The Labute approximate surface area is 165 Å². The lowest BCUT2D eigenvalue weighted by Crippen LogP contribution is -2.30. The Bertz CT molecular complexity index is 915. The van der Waals surface area contributed by atoms with Crippen LogP contribution in [0.4, 0.5) is 0 Å². The third kappa shape index (κ3) is 4.58. The summed E-state index contributed by atoms with van der Waals surface area (Å²) in [6, 6.07) is 14.8. The summed E-state index contributed by atoms with van der Waals surface area (Å²) in [4.78, 5) is 12.4. The molecule has 0 saturated heterocycles. The maximum atomic E-state index is 12.4. The zero-order valence-electron chi connectivity index (χ0n) is 13.9. The molecule has 0 spiro atoms. The van der Waals surface area contributed by atoms with E-state index in [-0.39, 0.29) is 11.2 Å². The lowest BCUT2D eigenvalue weighted by Gasteiger charge is -2.13. The van der Waals surface area contributed by atoms with Gasteiger partial charge in [0, 0.05) is 16.6 Å². The van der Waals surface area contributed by atoms with Gasteiger partial charge in [0.1, 0.15) is 6.33 Å². The Morgan fingerprint density at radius 2 is 2.04 bits per heavy atom. The van der Waals surface area contributed by atoms with Crippen LogP contribution in [0.1, 0.15) is 12.5 Å². The lowest BCUT2D eigenvalue weighted by molar-refractivity contribution is -0.120. The molecule has 1 aromatic heterocycles. The van der Waals surface area contributed by atoms with Crippen molar-refractivity contribution in [2.24, 2.45) is 0 Å². The Hall–Kier alpha value is -2.02. The fraction of sp³-hybridized carbons (Fsp3) is 0.167. The Morgan fingerprint density at radius 1 is 1.23 bits per heavy atom. The van der Waals surface area contributed by atoms with E-state index in [0.29, 0.717) is 21.7 Å². The molecule has 5 nitrogen and oxygen atoms in total. The van der Waals surface area contributed by atoms with Gasteiger partial charge in [-0.05, 0) is 36.8 Å². The van der Waals surface area contributed by atoms with Crippen LogP contribution in [0.3, 0.4) is 0 Å². The van der Waals surface area contributed by atoms with Crippen molar-refractivity contribution in [3.63, 3.8) is 0 Å². The zero-order valence-corrected chi connectivity index (χ0v) is 16.2. The van der Waals surface area contributed by atoms with Gasteiger partial charge in [-0.2, -0.15) is 0 Å². The minimum Gasteiger partial charge on any atom is -0.351 e. The second-order valence-corrected chi connectivity index (χ2v) is 7.68. The molecular formula is C18H16Cl2N4OS. The fourth-order valence-corrected chi connectivity index (χ4v) is 3.54. The highest BCUT2D eigenvalue weighted by atomic mass is 35.5. The second kappa shape index (κ2) is 8.58. The molecule has 0 saturated carbocycles. The van der Waals surface area contributed by atoms with Crippen LogP contribution in [-0.4, -0.2) is 25.9 Å². The number of carbonyl (C=O) groups excluding carboxylic acids is 1. The molecule has 3 rings (SSSR count). The van der Waals surface area contributed by atoms with Crippen LogP contribution in [0.25, 0.3) is 5.69 Å². The maximum absolute atomic E-state index is 12.4. The highest BCUT2D eigenvalue weighted by Crippen LogP contribution is 2.25. The standard InChI is InChI=1S/C18H16Cl2N4OS/c1-12(17(25)21-10-13-5-2-3-8-16(13)20)26-18-23-22-11-24(18)15-7-4-6-14(19)9-15/h2-9,11-12H,10H2,1H3,(H,21,25). The van der Waals surface area contributed by atoms with Gasteiger partial charge in [-0.15, -0.1) is 10.2 Å². The van der Waals surface area contributed by atoms with E-state index in [4.69, 9.17) is 23.2 Å². The van der Waals surface area contributed by atoms with Gasteiger partial charge < -0.3 is 5.32 Å². The number of carbonyl (C=O) groups is 1. The van der Waals surface area contributed by atoms with Gasteiger partial charge in [0.15, 0.2) is 5.16 Å². The molecule has 0 radical (unpaired) electrons. The molecule has 26 heavy (non-hydrogen) atoms. The van der Waals surface area contributed by atoms with Crippen molar-refractivity contribution in [2.45, 2.75) is 23.9 Å². The minimum atomic E-state index is -0.348. The third-order valence-electron chi connectivity index (χ3n) is 3.67. The Morgan fingerprint density at radius 3 is 2.81 bits per heavy atom. The van der Waals surface area contributed by atoms with Crippen molar-refractivity contribution >= 4 is 40.9 Å². The average molecular weight is 407 g/mol. The molecule has 2 aromatic carbocycles. The van der Waals surface area contributed by atoms with E-state index in [1.165, 1.54) is 11.8 Å². The molecule has 3 aromatic rings. The number of hydrogen-bond donors (Lipinski definition) is 1. The van der Waals surface area contributed by atoms with Gasteiger partial charge in [0.05, 0.1) is 10.9 Å². The van der Waals surface area contributed by atoms with E-state index in [1.807, 2.05) is 43.3 Å². The number of rotatable bonds is 6. The van der Waals surface area contributed by atoms with Gasteiger partial charge in [-0.1, -0.05) is 59.2 Å². The summed E-state index contributed by atoms with van der Waals surface area (Å²) in [7, 11) is 0. The van der Waals surface area contributed by atoms with Crippen molar-refractivity contribution < 1.29 is 4.79 Å². The summed E-state index contributed by atoms with van der Waals surface area (Å²) in [5.74, 6) is -0.101. The molecule has 1 atom stereocenters. The molecule has 0 bridgehead atoms. The first kappa shape index (κ1) is 18.8. The fourth-order valence-electron chi connectivity index (χ4n) is 2.29. The molecule has 1 unspecified atom stereocenters. The summed E-state index contributed by atoms with van der Waals surface area (Å²) in [6.45, 7) is 2.20. The zero-order chi connectivity index (χ0) is 18.5. The van der Waals surface area contributed by atoms with Crippen LogP contribution >= 0.6 is 35.0 Å². The molecule has 1 N–H and O–H groups in total. The van der Waals surface area contributed by atoms with Crippen LogP contribution in [0.15, 0.2) is 60.0 Å². The number of nitrogens with zero attached hydrogens (tertiary/aromatic N) is 3. The number of nitrogens with one attached hydrogen (secondary N) is 1. The van der Waals surface area contributed by atoms with E-state index in [1.54, 1.807) is 23.0 Å². The SMILES string of the molecule is CC(Sc1nncn1-c1cccc(Cl)c1)C(=O)NCc1ccccc1Cl. The third-order valence-corrected chi connectivity index (χ3v) is 5.33. The smallest absolute Gasteiger partial charge is 0.233 e. The average Bonchev–Trinajstić information content (AvgIpc) is 3.09. The molecule has 1 heterocycles. The van der Waals surface area contributed by atoms with E-state index in [9.17, 15) is 4.79 Å². The van der Waals surface area contributed by atoms with Gasteiger partial charge in [0.2, 0.25) is 5.91 Å². The lowest BCUT2D eigenvalue weighted by atomic mass is 10.2. The summed E-state index contributed by atoms with van der Waals surface area (Å²) in [5.41, 5.74) is 1.72. The second-order valence-electron chi connectivity index (χ2n) is 5.53. The van der Waals surface area contributed by atoms with Gasteiger partial charge in [-0.25, -0.2) is 0 Å². The first-order valence-corrected chi connectivity index (χ1v) is 9.52. The maximum Gasteiger partial charge on any atom is 0.233 e. The van der Waals surface area contributed by atoms with Crippen LogP contribution in [0.5, 0.6) is 0 Å². The molecule has 0 aliphatic heterocycles. The molecular weight excluding hydrogens is 391 g/mol. The topological polar surface area (TPSA) is 59.8 Å². The number of amides is 1. The van der Waals surface area contributed by atoms with Crippen molar-refractivity contribution in [1.82, 2.24) is 20.1 Å².